The number of benzene rings is 2. The third kappa shape index (κ3) is 7.48. The Bertz CT molecular complexity index is 951. The molecule has 0 saturated heterocycles. The number of ether oxygens (including phenoxy) is 2. The van der Waals surface area contributed by atoms with Gasteiger partial charge < -0.3 is 19.7 Å². The monoisotopic (exact) mass is 480 g/mol. The minimum Gasteiger partial charge on any atom is -0.497 e. The minimum atomic E-state index is -0.560. The minimum absolute atomic E-state index is 0.0798. The van der Waals surface area contributed by atoms with Crippen molar-refractivity contribution in [2.24, 2.45) is 0 Å². The Hall–Kier alpha value is -3.02. The van der Waals surface area contributed by atoms with Gasteiger partial charge in [0.1, 0.15) is 17.5 Å². The maximum absolute atomic E-state index is 13.5. The van der Waals surface area contributed by atoms with Crippen molar-refractivity contribution in [2.45, 2.75) is 83.8 Å². The Kier molecular flexibility index (Phi) is 10.0. The summed E-state index contributed by atoms with van der Waals surface area (Å²) < 4.78 is 11.3. The molecule has 1 fully saturated rings. The molecule has 3 rings (SSSR count). The van der Waals surface area contributed by atoms with Crippen molar-refractivity contribution >= 4 is 11.8 Å². The Morgan fingerprint density at radius 3 is 2.34 bits per heavy atom. The lowest BCUT2D eigenvalue weighted by Crippen LogP contribution is -2.52. The van der Waals surface area contributed by atoms with Crippen LogP contribution in [0.4, 0.5) is 0 Å². The molecule has 35 heavy (non-hydrogen) atoms. The molecule has 2 aromatic rings. The lowest BCUT2D eigenvalue weighted by atomic mass is 9.95. The predicted molar refractivity (Wildman–Crippen MR) is 139 cm³/mol. The van der Waals surface area contributed by atoms with Crippen molar-refractivity contribution in [3.05, 3.63) is 59.7 Å². The molecule has 1 aliphatic carbocycles. The number of carbonyl (C=O) groups is 2. The highest BCUT2D eigenvalue weighted by molar-refractivity contribution is 5.88. The second-order valence-corrected chi connectivity index (χ2v) is 9.62. The molecule has 0 heterocycles. The Balaban J connectivity index is 1.78. The summed E-state index contributed by atoms with van der Waals surface area (Å²) in [7, 11) is 1.62. The quantitative estimate of drug-likeness (QED) is 0.464. The van der Waals surface area contributed by atoms with Gasteiger partial charge in [-0.05, 0) is 54.5 Å². The first kappa shape index (κ1) is 26.6. The van der Waals surface area contributed by atoms with Gasteiger partial charge in [-0.1, -0.05) is 70.4 Å². The van der Waals surface area contributed by atoms with E-state index < -0.39 is 6.04 Å². The molecule has 1 saturated carbocycles. The van der Waals surface area contributed by atoms with Gasteiger partial charge in [0.2, 0.25) is 5.91 Å². The van der Waals surface area contributed by atoms with E-state index in [1.165, 1.54) is 6.42 Å². The second kappa shape index (κ2) is 13.2. The second-order valence-electron chi connectivity index (χ2n) is 9.62. The lowest BCUT2D eigenvalue weighted by Gasteiger charge is -2.32. The van der Waals surface area contributed by atoms with Gasteiger partial charge >= 0.3 is 0 Å². The van der Waals surface area contributed by atoms with Crippen LogP contribution in [0.3, 0.4) is 0 Å². The number of rotatable bonds is 11. The summed E-state index contributed by atoms with van der Waals surface area (Å²) in [6, 6.07) is 15.0. The van der Waals surface area contributed by atoms with E-state index in [0.29, 0.717) is 18.7 Å². The molecule has 0 aromatic heterocycles. The molecular formula is C29H40N2O4. The van der Waals surface area contributed by atoms with Gasteiger partial charge in [-0.2, -0.15) is 0 Å². The number of nitrogens with zero attached hydrogens (tertiary/aromatic N) is 1. The molecule has 1 aliphatic rings. The Morgan fingerprint density at radius 2 is 1.71 bits per heavy atom. The molecule has 0 bridgehead atoms. The summed E-state index contributed by atoms with van der Waals surface area (Å²) in [5.41, 5.74) is 2.00. The van der Waals surface area contributed by atoms with Gasteiger partial charge in [0.15, 0.2) is 6.61 Å². The molecule has 1 atom stereocenters. The molecular weight excluding hydrogens is 440 g/mol. The third-order valence-electron chi connectivity index (χ3n) is 6.74. The SMILES string of the molecule is CC[C@H](C(=O)NC1CCCCC1)N(Cc1ccc(OC)cc1)C(=O)COc1ccccc1C(C)C. The molecule has 0 spiro atoms. The Labute approximate surface area is 210 Å². The lowest BCUT2D eigenvalue weighted by molar-refractivity contribution is -0.143. The molecule has 0 aliphatic heterocycles. The number of carbonyl (C=O) groups excluding carboxylic acids is 2. The van der Waals surface area contributed by atoms with Crippen LogP contribution in [0.2, 0.25) is 0 Å². The van der Waals surface area contributed by atoms with Crippen molar-refractivity contribution < 1.29 is 19.1 Å². The van der Waals surface area contributed by atoms with Gasteiger partial charge in [-0.25, -0.2) is 0 Å². The summed E-state index contributed by atoms with van der Waals surface area (Å²) in [6.45, 7) is 6.36. The van der Waals surface area contributed by atoms with E-state index in [0.717, 1.165) is 42.6 Å². The van der Waals surface area contributed by atoms with Crippen molar-refractivity contribution in [1.82, 2.24) is 10.2 Å². The number of para-hydroxylation sites is 1. The summed E-state index contributed by atoms with van der Waals surface area (Å²) in [5.74, 6) is 1.46. The van der Waals surface area contributed by atoms with Crippen LogP contribution >= 0.6 is 0 Å². The van der Waals surface area contributed by atoms with Crippen LogP contribution in [0.5, 0.6) is 11.5 Å². The van der Waals surface area contributed by atoms with E-state index in [1.54, 1.807) is 12.0 Å². The fourth-order valence-electron chi connectivity index (χ4n) is 4.70. The molecule has 6 nitrogen and oxygen atoms in total. The van der Waals surface area contributed by atoms with E-state index in [9.17, 15) is 9.59 Å². The first-order valence-corrected chi connectivity index (χ1v) is 12.9. The fourth-order valence-corrected chi connectivity index (χ4v) is 4.70. The first-order chi connectivity index (χ1) is 16.9. The van der Waals surface area contributed by atoms with Crippen molar-refractivity contribution in [3.63, 3.8) is 0 Å². The summed E-state index contributed by atoms with van der Waals surface area (Å²) in [5, 5.41) is 3.21. The zero-order valence-electron chi connectivity index (χ0n) is 21.6. The molecule has 190 valence electrons. The van der Waals surface area contributed by atoms with Crippen LogP contribution in [0, 0.1) is 0 Å². The first-order valence-electron chi connectivity index (χ1n) is 12.9. The number of hydrogen-bond donors (Lipinski definition) is 1. The standard InChI is InChI=1S/C29H40N2O4/c1-5-26(29(33)30-23-11-7-6-8-12-23)31(19-22-15-17-24(34-4)18-16-22)28(32)20-35-27-14-10-9-13-25(27)21(2)3/h9-10,13-18,21,23,26H,5-8,11-12,19-20H2,1-4H3,(H,30,33)/t26-/m1/s1. The third-order valence-corrected chi connectivity index (χ3v) is 6.74. The van der Waals surface area contributed by atoms with Gasteiger partial charge in [0.25, 0.3) is 5.91 Å². The van der Waals surface area contributed by atoms with Crippen LogP contribution in [0.15, 0.2) is 48.5 Å². The molecule has 1 N–H and O–H groups in total. The normalized spacial score (nSPS) is 14.9. The van der Waals surface area contributed by atoms with Crippen LogP contribution < -0.4 is 14.8 Å². The maximum atomic E-state index is 13.5. The van der Waals surface area contributed by atoms with Gasteiger partial charge in [-0.3, -0.25) is 9.59 Å². The highest BCUT2D eigenvalue weighted by Crippen LogP contribution is 2.26. The summed E-state index contributed by atoms with van der Waals surface area (Å²) in [4.78, 5) is 28.5. The van der Waals surface area contributed by atoms with E-state index in [1.807, 2.05) is 55.5 Å². The Morgan fingerprint density at radius 1 is 1.03 bits per heavy atom. The fraction of sp³-hybridized carbons (Fsp3) is 0.517. The van der Waals surface area contributed by atoms with E-state index in [2.05, 4.69) is 19.2 Å². The van der Waals surface area contributed by atoms with Crippen LogP contribution in [0.25, 0.3) is 0 Å². The van der Waals surface area contributed by atoms with Gasteiger partial charge in [-0.15, -0.1) is 0 Å². The van der Waals surface area contributed by atoms with Crippen LogP contribution in [0.1, 0.15) is 76.3 Å². The number of amides is 2. The molecule has 2 aromatic carbocycles. The van der Waals surface area contributed by atoms with Crippen LogP contribution in [-0.2, 0) is 16.1 Å². The van der Waals surface area contributed by atoms with Crippen molar-refractivity contribution in [3.8, 4) is 11.5 Å². The highest BCUT2D eigenvalue weighted by atomic mass is 16.5. The number of hydrogen-bond acceptors (Lipinski definition) is 4. The molecule has 0 unspecified atom stereocenters. The van der Waals surface area contributed by atoms with Crippen LogP contribution in [-0.4, -0.2) is 42.5 Å². The van der Waals surface area contributed by atoms with Crippen molar-refractivity contribution in [2.75, 3.05) is 13.7 Å². The smallest absolute Gasteiger partial charge is 0.261 e. The van der Waals surface area contributed by atoms with Gasteiger partial charge in [0.05, 0.1) is 7.11 Å². The van der Waals surface area contributed by atoms with E-state index in [-0.39, 0.29) is 30.4 Å². The number of methoxy groups -OCH3 is 1. The summed E-state index contributed by atoms with van der Waals surface area (Å²) >= 11 is 0. The van der Waals surface area contributed by atoms with E-state index in [4.69, 9.17) is 9.47 Å². The zero-order chi connectivity index (χ0) is 25.2. The average Bonchev–Trinajstić information content (AvgIpc) is 2.88. The largest absolute Gasteiger partial charge is 0.497 e. The summed E-state index contributed by atoms with van der Waals surface area (Å²) in [6.07, 6.45) is 6.04. The van der Waals surface area contributed by atoms with Crippen molar-refractivity contribution in [1.29, 1.82) is 0 Å². The highest BCUT2D eigenvalue weighted by Gasteiger charge is 2.30. The van der Waals surface area contributed by atoms with Gasteiger partial charge in [0, 0.05) is 12.6 Å². The van der Waals surface area contributed by atoms with E-state index >= 15 is 0 Å². The molecule has 0 radical (unpaired) electrons. The zero-order valence-corrected chi connectivity index (χ0v) is 21.6. The molecule has 2 amide bonds. The molecule has 6 heteroatoms. The number of nitrogens with one attached hydrogen (secondary N) is 1. The average molecular weight is 481 g/mol. The maximum Gasteiger partial charge on any atom is 0.261 e. The topological polar surface area (TPSA) is 67.9 Å². The predicted octanol–water partition coefficient (Wildman–Crippen LogP) is 5.45.